The Morgan fingerprint density at radius 1 is 0.742 bits per heavy atom. The Balaban J connectivity index is 1.42. The van der Waals surface area contributed by atoms with Crippen molar-refractivity contribution in [3.05, 3.63) is 12.2 Å². The number of hydrogen-bond donors (Lipinski definition) is 1. The van der Waals surface area contributed by atoms with Gasteiger partial charge in [0.2, 0.25) is 0 Å². The maximum absolute atomic E-state index is 11.6. The van der Waals surface area contributed by atoms with Crippen molar-refractivity contribution in [2.45, 2.75) is 118 Å². The smallest absolute Gasteiger partial charge is 0.0639 e. The van der Waals surface area contributed by atoms with Crippen LogP contribution in [0, 0.1) is 56.7 Å². The third-order valence-corrected chi connectivity index (χ3v) is 13.9. The fourth-order valence-corrected chi connectivity index (χ4v) is 12.6. The summed E-state index contributed by atoms with van der Waals surface area (Å²) in [5.74, 6) is 3.94. The second-order valence-electron chi connectivity index (χ2n) is 14.7. The fraction of sp³-hybridized carbons (Fsp3) is 0.933. The minimum atomic E-state index is -0.130. The maximum atomic E-state index is 11.6. The van der Waals surface area contributed by atoms with E-state index in [-0.39, 0.29) is 11.5 Å². The van der Waals surface area contributed by atoms with Crippen molar-refractivity contribution >= 4 is 0 Å². The van der Waals surface area contributed by atoms with Gasteiger partial charge in [0.15, 0.2) is 0 Å². The standard InChI is InChI=1S/C30H48O/c1-19-18-25(31)30-17-10-20(19)21(30)11-15-29(6)24(30)9-8-23-27(4)14-7-13-26(2,3)22(27)12-16-28(23,29)5/h20-25,31H,1,7-18H2,2-6H3/t20-,21+,22?,23?,24+,25+,27+,28-,29-,30-/m1/s1. The van der Waals surface area contributed by atoms with Crippen LogP contribution in [0.25, 0.3) is 0 Å². The van der Waals surface area contributed by atoms with Crippen LogP contribution in [0.2, 0.25) is 0 Å². The molecule has 6 fully saturated rings. The van der Waals surface area contributed by atoms with E-state index in [1.165, 1.54) is 76.2 Å². The zero-order valence-electron chi connectivity index (χ0n) is 21.1. The van der Waals surface area contributed by atoms with Crippen LogP contribution in [-0.2, 0) is 0 Å². The molecule has 0 aliphatic heterocycles. The average Bonchev–Trinajstić information content (AvgIpc) is 3.02. The van der Waals surface area contributed by atoms with Crippen molar-refractivity contribution in [1.29, 1.82) is 0 Å². The van der Waals surface area contributed by atoms with Gasteiger partial charge in [-0.15, -0.1) is 0 Å². The highest BCUT2D eigenvalue weighted by atomic mass is 16.3. The van der Waals surface area contributed by atoms with E-state index in [0.717, 1.165) is 30.1 Å². The first-order valence-electron chi connectivity index (χ1n) is 13.9. The maximum Gasteiger partial charge on any atom is 0.0639 e. The van der Waals surface area contributed by atoms with Gasteiger partial charge in [0.05, 0.1) is 6.10 Å². The zero-order chi connectivity index (χ0) is 22.0. The number of rotatable bonds is 0. The molecule has 0 saturated heterocycles. The van der Waals surface area contributed by atoms with E-state index in [1.54, 1.807) is 0 Å². The molecule has 1 heteroatoms. The summed E-state index contributed by atoms with van der Waals surface area (Å²) in [4.78, 5) is 0. The van der Waals surface area contributed by atoms with E-state index in [1.807, 2.05) is 0 Å². The fourth-order valence-electron chi connectivity index (χ4n) is 12.6. The van der Waals surface area contributed by atoms with Crippen LogP contribution in [0.3, 0.4) is 0 Å². The van der Waals surface area contributed by atoms with Gasteiger partial charge >= 0.3 is 0 Å². The highest BCUT2D eigenvalue weighted by Gasteiger charge is 2.73. The third kappa shape index (κ3) is 2.29. The predicted octanol–water partition coefficient (Wildman–Crippen LogP) is 7.78. The quantitative estimate of drug-likeness (QED) is 0.394. The molecule has 6 rings (SSSR count). The van der Waals surface area contributed by atoms with Gasteiger partial charge in [-0.05, 0) is 122 Å². The van der Waals surface area contributed by atoms with Gasteiger partial charge in [0.1, 0.15) is 0 Å². The molecular weight excluding hydrogens is 376 g/mol. The van der Waals surface area contributed by atoms with E-state index in [0.29, 0.717) is 27.6 Å². The summed E-state index contributed by atoms with van der Waals surface area (Å²) >= 11 is 0. The van der Waals surface area contributed by atoms with Gasteiger partial charge < -0.3 is 5.11 Å². The number of aliphatic hydroxyl groups excluding tert-OH is 1. The second-order valence-corrected chi connectivity index (χ2v) is 14.7. The molecule has 2 bridgehead atoms. The van der Waals surface area contributed by atoms with Crippen LogP contribution in [0.4, 0.5) is 0 Å². The van der Waals surface area contributed by atoms with Crippen molar-refractivity contribution in [3.63, 3.8) is 0 Å². The summed E-state index contributed by atoms with van der Waals surface area (Å²) in [6.45, 7) is 17.8. The van der Waals surface area contributed by atoms with Crippen LogP contribution >= 0.6 is 0 Å². The summed E-state index contributed by atoms with van der Waals surface area (Å²) < 4.78 is 0. The lowest BCUT2D eigenvalue weighted by atomic mass is 9.31. The lowest BCUT2D eigenvalue weighted by Crippen LogP contribution is -2.68. The van der Waals surface area contributed by atoms with E-state index in [9.17, 15) is 5.11 Å². The molecule has 0 aromatic heterocycles. The Kier molecular flexibility index (Phi) is 4.27. The molecule has 0 amide bonds. The second kappa shape index (κ2) is 6.22. The molecule has 10 atom stereocenters. The van der Waals surface area contributed by atoms with Crippen molar-refractivity contribution in [2.24, 2.45) is 56.7 Å². The van der Waals surface area contributed by atoms with E-state index in [2.05, 4.69) is 41.2 Å². The summed E-state index contributed by atoms with van der Waals surface area (Å²) in [6.07, 6.45) is 16.1. The van der Waals surface area contributed by atoms with E-state index in [4.69, 9.17) is 0 Å². The first-order chi connectivity index (χ1) is 14.5. The first-order valence-corrected chi connectivity index (χ1v) is 13.9. The number of fused-ring (bicyclic) bond motifs is 5. The Hall–Kier alpha value is -0.300. The summed E-state index contributed by atoms with van der Waals surface area (Å²) in [7, 11) is 0. The van der Waals surface area contributed by atoms with Crippen molar-refractivity contribution in [3.8, 4) is 0 Å². The Morgan fingerprint density at radius 3 is 2.19 bits per heavy atom. The molecule has 174 valence electrons. The van der Waals surface area contributed by atoms with Crippen LogP contribution in [0.15, 0.2) is 12.2 Å². The molecule has 6 aliphatic carbocycles. The summed E-state index contributed by atoms with van der Waals surface area (Å²) in [5.41, 5.74) is 3.47. The van der Waals surface area contributed by atoms with Crippen molar-refractivity contribution < 1.29 is 5.11 Å². The predicted molar refractivity (Wildman–Crippen MR) is 129 cm³/mol. The van der Waals surface area contributed by atoms with Gasteiger partial charge in [-0.3, -0.25) is 0 Å². The lowest BCUT2D eigenvalue weighted by molar-refractivity contribution is -0.259. The third-order valence-electron chi connectivity index (χ3n) is 13.9. The highest BCUT2D eigenvalue weighted by molar-refractivity contribution is 5.26. The lowest BCUT2D eigenvalue weighted by Gasteiger charge is -2.74. The van der Waals surface area contributed by atoms with Gasteiger partial charge in [0, 0.05) is 5.41 Å². The van der Waals surface area contributed by atoms with Gasteiger partial charge in [-0.25, -0.2) is 0 Å². The minimum Gasteiger partial charge on any atom is -0.392 e. The largest absolute Gasteiger partial charge is 0.392 e. The molecule has 2 unspecified atom stereocenters. The minimum absolute atomic E-state index is 0.130. The van der Waals surface area contributed by atoms with Gasteiger partial charge in [-0.1, -0.05) is 53.2 Å². The molecule has 0 aromatic rings. The monoisotopic (exact) mass is 424 g/mol. The molecule has 0 spiro atoms. The number of aliphatic hydroxyl groups is 1. The van der Waals surface area contributed by atoms with Crippen LogP contribution in [0.5, 0.6) is 0 Å². The zero-order valence-corrected chi connectivity index (χ0v) is 21.1. The van der Waals surface area contributed by atoms with Crippen LogP contribution in [0.1, 0.15) is 112 Å². The summed E-state index contributed by atoms with van der Waals surface area (Å²) in [6, 6.07) is 0. The van der Waals surface area contributed by atoms with Crippen molar-refractivity contribution in [1.82, 2.24) is 0 Å². The van der Waals surface area contributed by atoms with Gasteiger partial charge in [-0.2, -0.15) is 0 Å². The molecule has 6 aliphatic rings. The van der Waals surface area contributed by atoms with Crippen LogP contribution in [-0.4, -0.2) is 11.2 Å². The Bertz CT molecular complexity index is 796. The van der Waals surface area contributed by atoms with Gasteiger partial charge in [0.25, 0.3) is 0 Å². The topological polar surface area (TPSA) is 20.2 Å². The highest BCUT2D eigenvalue weighted by Crippen LogP contribution is 2.79. The molecule has 1 nitrogen and oxygen atoms in total. The Morgan fingerprint density at radius 2 is 1.42 bits per heavy atom. The molecule has 0 radical (unpaired) electrons. The van der Waals surface area contributed by atoms with Crippen LogP contribution < -0.4 is 0 Å². The molecule has 6 saturated carbocycles. The number of hydrogen-bond acceptors (Lipinski definition) is 1. The van der Waals surface area contributed by atoms with E-state index < -0.39 is 0 Å². The average molecular weight is 425 g/mol. The van der Waals surface area contributed by atoms with E-state index >= 15 is 0 Å². The Labute approximate surface area is 191 Å². The molecular formula is C30H48O. The molecule has 1 N–H and O–H groups in total. The molecule has 0 heterocycles. The normalized spacial score (nSPS) is 59.9. The van der Waals surface area contributed by atoms with Crippen molar-refractivity contribution in [2.75, 3.05) is 0 Å². The SMILES string of the molecule is C=C1C[C@H](O)[C@]23CC[C@H]1[C@@H]2CC[C@]1(C)[C@@H]3CCC2[C@@]3(C)CCCC(C)(C)C3CC[C@]21C. The molecule has 0 aromatic carbocycles. The first kappa shape index (κ1) is 21.2. The molecule has 31 heavy (non-hydrogen) atoms. The summed E-state index contributed by atoms with van der Waals surface area (Å²) in [5, 5.41) is 11.6.